The van der Waals surface area contributed by atoms with Crippen LogP contribution in [-0.2, 0) is 10.0 Å². The summed E-state index contributed by atoms with van der Waals surface area (Å²) in [4.78, 5) is 0.213. The lowest BCUT2D eigenvalue weighted by Gasteiger charge is -2.28. The molecule has 3 heterocycles. The van der Waals surface area contributed by atoms with Gasteiger partial charge in [-0.25, -0.2) is 8.42 Å². The molecule has 2 aromatic rings. The quantitative estimate of drug-likeness (QED) is 0.816. The minimum atomic E-state index is -3.70. The third-order valence-corrected chi connectivity index (χ3v) is 6.70. The molecule has 1 aromatic carbocycles. The molecule has 0 unspecified atom stereocenters. The Morgan fingerprint density at radius 2 is 1.88 bits per heavy atom. The van der Waals surface area contributed by atoms with Gasteiger partial charge in [0, 0.05) is 18.7 Å². The number of hydrogen-bond acceptors (Lipinski definition) is 6. The summed E-state index contributed by atoms with van der Waals surface area (Å²) in [5.74, 6) is 1.65. The summed E-state index contributed by atoms with van der Waals surface area (Å²) in [5.41, 5.74) is 0.751. The molecule has 0 saturated carbocycles. The molecule has 2 aliphatic heterocycles. The Kier molecular flexibility index (Phi) is 4.62. The molecular weight excluding hydrogens is 356 g/mol. The molecule has 0 bridgehead atoms. The van der Waals surface area contributed by atoms with Crippen molar-refractivity contribution in [2.45, 2.75) is 43.5 Å². The number of sulfonamides is 1. The Morgan fingerprint density at radius 1 is 1.08 bits per heavy atom. The first-order valence-electron chi connectivity index (χ1n) is 8.90. The largest absolute Gasteiger partial charge is 0.486 e. The maximum Gasteiger partial charge on any atom is 0.243 e. The van der Waals surface area contributed by atoms with E-state index >= 15 is 0 Å². The van der Waals surface area contributed by atoms with Crippen molar-refractivity contribution in [3.05, 3.63) is 35.7 Å². The molecule has 2 aliphatic rings. The third-order valence-electron chi connectivity index (χ3n) is 4.80. The highest BCUT2D eigenvalue weighted by Gasteiger charge is 2.36. The van der Waals surface area contributed by atoms with E-state index in [4.69, 9.17) is 14.0 Å². The second-order valence-corrected chi connectivity index (χ2v) is 8.55. The summed E-state index contributed by atoms with van der Waals surface area (Å²) >= 11 is 0. The summed E-state index contributed by atoms with van der Waals surface area (Å²) in [6, 6.07) is 6.28. The normalized spacial score (nSPS) is 21.3. The van der Waals surface area contributed by atoms with Crippen molar-refractivity contribution in [1.29, 1.82) is 0 Å². The summed E-state index contributed by atoms with van der Waals surface area (Å²) in [6.07, 6.45) is 3.50. The monoisotopic (exact) mass is 378 g/mol. The third kappa shape index (κ3) is 3.19. The molecular formula is C18H22N2O5S. The molecule has 8 heteroatoms. The van der Waals surface area contributed by atoms with Gasteiger partial charge >= 0.3 is 0 Å². The van der Waals surface area contributed by atoms with Gasteiger partial charge in [0.25, 0.3) is 0 Å². The molecule has 7 nitrogen and oxygen atoms in total. The van der Waals surface area contributed by atoms with Crippen LogP contribution in [0.5, 0.6) is 11.5 Å². The molecule has 4 rings (SSSR count). The summed E-state index contributed by atoms with van der Waals surface area (Å²) in [6.45, 7) is 3.18. The number of fused-ring (bicyclic) bond motifs is 1. The maximum absolute atomic E-state index is 13.4. The lowest BCUT2D eigenvalue weighted by atomic mass is 10.1. The van der Waals surface area contributed by atoms with Crippen LogP contribution in [0.2, 0.25) is 0 Å². The zero-order chi connectivity index (χ0) is 18.1. The molecule has 0 amide bonds. The number of aromatic nitrogens is 1. The van der Waals surface area contributed by atoms with Gasteiger partial charge in [0.2, 0.25) is 10.0 Å². The predicted octanol–water partition coefficient (Wildman–Crippen LogP) is 3.06. The predicted molar refractivity (Wildman–Crippen MR) is 93.8 cm³/mol. The molecule has 1 fully saturated rings. The lowest BCUT2D eigenvalue weighted by Crippen LogP contribution is -2.34. The first-order valence-corrected chi connectivity index (χ1v) is 10.3. The fourth-order valence-electron chi connectivity index (χ4n) is 3.51. The van der Waals surface area contributed by atoms with Crippen LogP contribution in [0.15, 0.2) is 33.7 Å². The van der Waals surface area contributed by atoms with Gasteiger partial charge in [-0.3, -0.25) is 0 Å². The van der Waals surface area contributed by atoms with Crippen molar-refractivity contribution in [2.75, 3.05) is 19.8 Å². The van der Waals surface area contributed by atoms with Gasteiger partial charge in [-0.2, -0.15) is 4.31 Å². The number of rotatable bonds is 3. The van der Waals surface area contributed by atoms with Crippen molar-refractivity contribution in [3.63, 3.8) is 0 Å². The first kappa shape index (κ1) is 17.4. The SMILES string of the molecule is Cc1cc([C@H]2CCCCCN2S(=O)(=O)c2ccc3c(c2)OCCO3)on1. The number of aryl methyl sites for hydroxylation is 1. The minimum absolute atomic E-state index is 0.213. The van der Waals surface area contributed by atoms with E-state index in [1.807, 2.05) is 13.0 Å². The van der Waals surface area contributed by atoms with Gasteiger partial charge in [-0.15, -0.1) is 0 Å². The molecule has 1 atom stereocenters. The zero-order valence-corrected chi connectivity index (χ0v) is 15.5. The Bertz CT molecular complexity index is 893. The van der Waals surface area contributed by atoms with E-state index in [1.165, 1.54) is 0 Å². The Labute approximate surface area is 152 Å². The molecule has 0 radical (unpaired) electrons. The smallest absolute Gasteiger partial charge is 0.243 e. The van der Waals surface area contributed by atoms with E-state index in [2.05, 4.69) is 5.16 Å². The van der Waals surface area contributed by atoms with E-state index in [0.29, 0.717) is 37.0 Å². The molecule has 140 valence electrons. The highest BCUT2D eigenvalue weighted by molar-refractivity contribution is 7.89. The molecule has 1 saturated heterocycles. The molecule has 0 aliphatic carbocycles. The highest BCUT2D eigenvalue weighted by atomic mass is 32.2. The Hall–Kier alpha value is -2.06. The van der Waals surface area contributed by atoms with Gasteiger partial charge in [-0.05, 0) is 31.9 Å². The fraction of sp³-hybridized carbons (Fsp3) is 0.500. The molecule has 1 aromatic heterocycles. The van der Waals surface area contributed by atoms with E-state index in [9.17, 15) is 8.42 Å². The summed E-state index contributed by atoms with van der Waals surface area (Å²) in [7, 11) is -3.70. The van der Waals surface area contributed by atoms with Gasteiger partial charge in [0.1, 0.15) is 13.2 Å². The molecule has 0 N–H and O–H groups in total. The standard InChI is InChI=1S/C18H22N2O5S/c1-13-11-17(25-19-13)15-5-3-2-4-8-20(15)26(21,22)14-6-7-16-18(12-14)24-10-9-23-16/h6-7,11-12,15H,2-5,8-10H2,1H3/t15-/m1/s1. The lowest BCUT2D eigenvalue weighted by molar-refractivity contribution is 0.171. The topological polar surface area (TPSA) is 81.9 Å². The van der Waals surface area contributed by atoms with Crippen molar-refractivity contribution in [2.24, 2.45) is 0 Å². The number of hydrogen-bond donors (Lipinski definition) is 0. The van der Waals surface area contributed by atoms with Crippen molar-refractivity contribution in [1.82, 2.24) is 9.46 Å². The highest BCUT2D eigenvalue weighted by Crippen LogP contribution is 2.38. The van der Waals surface area contributed by atoms with E-state index in [0.717, 1.165) is 31.4 Å². The van der Waals surface area contributed by atoms with E-state index in [1.54, 1.807) is 22.5 Å². The molecule has 26 heavy (non-hydrogen) atoms. The van der Waals surface area contributed by atoms with Gasteiger partial charge in [0.05, 0.1) is 16.6 Å². The Morgan fingerprint density at radius 3 is 2.65 bits per heavy atom. The van der Waals surface area contributed by atoms with E-state index in [-0.39, 0.29) is 10.9 Å². The van der Waals surface area contributed by atoms with Crippen LogP contribution in [0, 0.1) is 6.92 Å². The zero-order valence-electron chi connectivity index (χ0n) is 14.7. The van der Waals surface area contributed by atoms with Gasteiger partial charge < -0.3 is 14.0 Å². The van der Waals surface area contributed by atoms with Gasteiger partial charge in [-0.1, -0.05) is 18.0 Å². The second kappa shape index (κ2) is 6.92. The van der Waals surface area contributed by atoms with Crippen LogP contribution >= 0.6 is 0 Å². The average Bonchev–Trinajstić information content (AvgIpc) is 2.92. The van der Waals surface area contributed by atoms with Crippen LogP contribution in [0.4, 0.5) is 0 Å². The van der Waals surface area contributed by atoms with Gasteiger partial charge in [0.15, 0.2) is 17.3 Å². The first-order chi connectivity index (χ1) is 12.6. The van der Waals surface area contributed by atoms with Crippen LogP contribution in [0.3, 0.4) is 0 Å². The second-order valence-electron chi connectivity index (χ2n) is 6.66. The van der Waals surface area contributed by atoms with Crippen LogP contribution in [0.25, 0.3) is 0 Å². The summed E-state index contributed by atoms with van der Waals surface area (Å²) < 4.78 is 44.8. The number of benzene rings is 1. The fourth-order valence-corrected chi connectivity index (χ4v) is 5.19. The molecule has 0 spiro atoms. The number of ether oxygens (including phenoxy) is 2. The van der Waals surface area contributed by atoms with Crippen molar-refractivity contribution < 1.29 is 22.4 Å². The van der Waals surface area contributed by atoms with E-state index < -0.39 is 10.0 Å². The minimum Gasteiger partial charge on any atom is -0.486 e. The summed E-state index contributed by atoms with van der Waals surface area (Å²) in [5, 5.41) is 3.94. The van der Waals surface area contributed by atoms with Crippen LogP contribution in [0.1, 0.15) is 43.2 Å². The van der Waals surface area contributed by atoms with Crippen molar-refractivity contribution >= 4 is 10.0 Å². The maximum atomic E-state index is 13.4. The van der Waals surface area contributed by atoms with Crippen LogP contribution in [-0.4, -0.2) is 37.6 Å². The number of nitrogens with zero attached hydrogens (tertiary/aromatic N) is 2. The average molecular weight is 378 g/mol. The van der Waals surface area contributed by atoms with Crippen molar-refractivity contribution in [3.8, 4) is 11.5 Å². The van der Waals surface area contributed by atoms with Crippen LogP contribution < -0.4 is 9.47 Å². The Balaban J connectivity index is 1.72.